The molecule has 0 aliphatic carbocycles. The third-order valence-corrected chi connectivity index (χ3v) is 2.26. The van der Waals surface area contributed by atoms with Crippen LogP contribution in [0.2, 0.25) is 0 Å². The van der Waals surface area contributed by atoms with Gasteiger partial charge in [0.1, 0.15) is 5.00 Å². The summed E-state index contributed by atoms with van der Waals surface area (Å²) in [5.74, 6) is 0. The normalized spacial score (nSPS) is 10.4. The fourth-order valence-corrected chi connectivity index (χ4v) is 1.45. The summed E-state index contributed by atoms with van der Waals surface area (Å²) in [5, 5.41) is 4.65. The highest BCUT2D eigenvalue weighted by atomic mass is 32.1. The minimum atomic E-state index is 0.623. The van der Waals surface area contributed by atoms with Gasteiger partial charge in [0.25, 0.3) is 0 Å². The zero-order valence-corrected chi connectivity index (χ0v) is 8.97. The third-order valence-electron chi connectivity index (χ3n) is 1.48. The zero-order chi connectivity index (χ0) is 10.2. The summed E-state index contributed by atoms with van der Waals surface area (Å²) in [6, 6.07) is 0. The van der Waals surface area contributed by atoms with Gasteiger partial charge >= 0.3 is 0 Å². The first kappa shape index (κ1) is 11.2. The molecule has 0 saturated heterocycles. The fourth-order valence-electron chi connectivity index (χ4n) is 0.843. The lowest BCUT2D eigenvalue weighted by Crippen LogP contribution is -2.11. The molecular formula is C8H15N3O2S. The van der Waals surface area contributed by atoms with Crippen molar-refractivity contribution in [1.82, 2.24) is 4.98 Å². The molecule has 0 atom stereocenters. The van der Waals surface area contributed by atoms with E-state index in [9.17, 15) is 0 Å². The molecule has 80 valence electrons. The molecule has 0 spiro atoms. The Hall–Kier alpha value is -0.850. The molecule has 1 aromatic heterocycles. The van der Waals surface area contributed by atoms with Crippen LogP contribution in [-0.4, -0.2) is 38.5 Å². The third kappa shape index (κ3) is 4.40. The van der Waals surface area contributed by atoms with Crippen LogP contribution in [0.4, 0.5) is 10.1 Å². The average Bonchev–Trinajstić information content (AvgIpc) is 2.58. The molecule has 1 rings (SSSR count). The average molecular weight is 217 g/mol. The number of hydrogen-bond donors (Lipinski definition) is 2. The van der Waals surface area contributed by atoms with E-state index in [4.69, 9.17) is 15.2 Å². The monoisotopic (exact) mass is 217 g/mol. The van der Waals surface area contributed by atoms with Crippen molar-refractivity contribution in [1.29, 1.82) is 0 Å². The summed E-state index contributed by atoms with van der Waals surface area (Å²) in [4.78, 5) is 4.05. The number of rotatable bonds is 7. The molecule has 1 aromatic rings. The van der Waals surface area contributed by atoms with Crippen LogP contribution in [0.15, 0.2) is 6.20 Å². The molecule has 0 radical (unpaired) electrons. The van der Waals surface area contributed by atoms with E-state index in [1.807, 2.05) is 0 Å². The summed E-state index contributed by atoms with van der Waals surface area (Å²) in [6.07, 6.45) is 1.64. The van der Waals surface area contributed by atoms with E-state index in [0.29, 0.717) is 24.8 Å². The van der Waals surface area contributed by atoms with E-state index in [2.05, 4.69) is 10.3 Å². The number of nitrogens with one attached hydrogen (secondary N) is 1. The number of hydrogen-bond acceptors (Lipinski definition) is 6. The Bertz CT molecular complexity index is 254. The van der Waals surface area contributed by atoms with E-state index in [1.165, 1.54) is 11.3 Å². The number of nitrogen functional groups attached to an aromatic ring is 1. The topological polar surface area (TPSA) is 69.4 Å². The second-order valence-electron chi connectivity index (χ2n) is 2.60. The van der Waals surface area contributed by atoms with E-state index in [-0.39, 0.29) is 0 Å². The fraction of sp³-hybridized carbons (Fsp3) is 0.625. The molecule has 0 aliphatic heterocycles. The van der Waals surface area contributed by atoms with Crippen molar-refractivity contribution >= 4 is 21.5 Å². The number of ether oxygens (including phenoxy) is 2. The number of nitrogens with zero attached hydrogens (tertiary/aromatic N) is 1. The lowest BCUT2D eigenvalue weighted by atomic mass is 10.7. The van der Waals surface area contributed by atoms with Gasteiger partial charge in [-0.2, -0.15) is 0 Å². The molecule has 0 aliphatic rings. The Morgan fingerprint density at radius 1 is 1.50 bits per heavy atom. The maximum absolute atomic E-state index is 5.52. The van der Waals surface area contributed by atoms with Crippen molar-refractivity contribution in [3.05, 3.63) is 6.20 Å². The molecule has 14 heavy (non-hydrogen) atoms. The van der Waals surface area contributed by atoms with E-state index >= 15 is 0 Å². The molecule has 0 bridgehead atoms. The molecule has 0 amide bonds. The van der Waals surface area contributed by atoms with E-state index in [0.717, 1.165) is 11.7 Å². The molecule has 0 fully saturated rings. The van der Waals surface area contributed by atoms with Gasteiger partial charge in [0, 0.05) is 13.7 Å². The first-order chi connectivity index (χ1) is 6.83. The van der Waals surface area contributed by atoms with Crippen molar-refractivity contribution in [2.24, 2.45) is 0 Å². The van der Waals surface area contributed by atoms with Crippen LogP contribution in [0.1, 0.15) is 0 Å². The van der Waals surface area contributed by atoms with Gasteiger partial charge in [-0.3, -0.25) is 0 Å². The minimum absolute atomic E-state index is 0.623. The summed E-state index contributed by atoms with van der Waals surface area (Å²) < 4.78 is 10.1. The first-order valence-electron chi connectivity index (χ1n) is 4.35. The van der Waals surface area contributed by atoms with Crippen molar-refractivity contribution in [2.45, 2.75) is 0 Å². The molecule has 5 nitrogen and oxygen atoms in total. The van der Waals surface area contributed by atoms with Gasteiger partial charge in [0.2, 0.25) is 0 Å². The van der Waals surface area contributed by atoms with Crippen molar-refractivity contribution in [2.75, 3.05) is 44.5 Å². The lowest BCUT2D eigenvalue weighted by molar-refractivity contribution is 0.0759. The predicted molar refractivity (Wildman–Crippen MR) is 57.7 cm³/mol. The largest absolute Gasteiger partial charge is 0.389 e. The van der Waals surface area contributed by atoms with Crippen LogP contribution < -0.4 is 11.1 Å². The number of aromatic nitrogens is 1. The van der Waals surface area contributed by atoms with Crippen LogP contribution in [0, 0.1) is 0 Å². The van der Waals surface area contributed by atoms with Gasteiger partial charge in [-0.1, -0.05) is 11.3 Å². The highest BCUT2D eigenvalue weighted by Gasteiger charge is 1.96. The van der Waals surface area contributed by atoms with Crippen LogP contribution in [-0.2, 0) is 9.47 Å². The Balaban J connectivity index is 1.99. The highest BCUT2D eigenvalue weighted by Crippen LogP contribution is 2.18. The number of thiazole rings is 1. The summed E-state index contributed by atoms with van der Waals surface area (Å²) in [7, 11) is 1.65. The van der Waals surface area contributed by atoms with Gasteiger partial charge < -0.3 is 20.5 Å². The Morgan fingerprint density at radius 3 is 3.00 bits per heavy atom. The number of methoxy groups -OCH3 is 1. The van der Waals surface area contributed by atoms with Crippen molar-refractivity contribution in [3.63, 3.8) is 0 Å². The molecule has 0 aromatic carbocycles. The number of nitrogens with two attached hydrogens (primary N) is 1. The Kier molecular flexibility index (Phi) is 5.28. The summed E-state index contributed by atoms with van der Waals surface area (Å²) in [6.45, 7) is 2.63. The predicted octanol–water partition coefficient (Wildman–Crippen LogP) is 0.800. The second-order valence-corrected chi connectivity index (χ2v) is 3.66. The van der Waals surface area contributed by atoms with Crippen LogP contribution in [0.25, 0.3) is 0 Å². The smallest absolute Gasteiger partial charge is 0.184 e. The minimum Gasteiger partial charge on any atom is -0.389 e. The Morgan fingerprint density at radius 2 is 2.36 bits per heavy atom. The molecule has 0 saturated carbocycles. The maximum atomic E-state index is 5.52. The lowest BCUT2D eigenvalue weighted by Gasteiger charge is -2.03. The molecule has 0 unspecified atom stereocenters. The van der Waals surface area contributed by atoms with Gasteiger partial charge in [-0.15, -0.1) is 0 Å². The summed E-state index contributed by atoms with van der Waals surface area (Å²) in [5.41, 5.74) is 5.52. The SMILES string of the molecule is COCCOCCNc1ncc(N)s1. The number of anilines is 2. The maximum Gasteiger partial charge on any atom is 0.184 e. The van der Waals surface area contributed by atoms with E-state index < -0.39 is 0 Å². The Labute approximate surface area is 87.2 Å². The van der Waals surface area contributed by atoms with Gasteiger partial charge in [-0.05, 0) is 0 Å². The van der Waals surface area contributed by atoms with Crippen molar-refractivity contribution in [3.8, 4) is 0 Å². The zero-order valence-electron chi connectivity index (χ0n) is 8.16. The van der Waals surface area contributed by atoms with E-state index in [1.54, 1.807) is 13.3 Å². The summed E-state index contributed by atoms with van der Waals surface area (Å²) >= 11 is 1.43. The van der Waals surface area contributed by atoms with Crippen LogP contribution >= 0.6 is 11.3 Å². The molecule has 6 heteroatoms. The van der Waals surface area contributed by atoms with Crippen molar-refractivity contribution < 1.29 is 9.47 Å². The van der Waals surface area contributed by atoms with Crippen LogP contribution in [0.5, 0.6) is 0 Å². The standard InChI is InChI=1S/C8H15N3O2S/c1-12-4-5-13-3-2-10-8-11-6-7(9)14-8/h6H,2-5,9H2,1H3,(H,10,11). The highest BCUT2D eigenvalue weighted by molar-refractivity contribution is 7.19. The molecule has 1 heterocycles. The molecule has 3 N–H and O–H groups in total. The van der Waals surface area contributed by atoms with Gasteiger partial charge in [0.05, 0.1) is 26.0 Å². The quantitative estimate of drug-likeness (QED) is 0.661. The van der Waals surface area contributed by atoms with Gasteiger partial charge in [0.15, 0.2) is 5.13 Å². The first-order valence-corrected chi connectivity index (χ1v) is 5.16. The second kappa shape index (κ2) is 6.58. The van der Waals surface area contributed by atoms with Crippen LogP contribution in [0.3, 0.4) is 0 Å². The molecular weight excluding hydrogens is 202 g/mol. The van der Waals surface area contributed by atoms with Gasteiger partial charge in [-0.25, -0.2) is 4.98 Å².